The van der Waals surface area contributed by atoms with Gasteiger partial charge in [0.25, 0.3) is 17.7 Å². The Morgan fingerprint density at radius 3 is 2.47 bits per heavy atom. The third-order valence-electron chi connectivity index (χ3n) is 9.62. The molecule has 16 heteroatoms. The zero-order chi connectivity index (χ0) is 40.4. The highest BCUT2D eigenvalue weighted by molar-refractivity contribution is 7.89. The second-order valence-electron chi connectivity index (χ2n) is 13.2. The predicted molar refractivity (Wildman–Crippen MR) is 210 cm³/mol. The van der Waals surface area contributed by atoms with Crippen LogP contribution >= 0.6 is 11.6 Å². The molecule has 57 heavy (non-hydrogen) atoms. The fourth-order valence-electron chi connectivity index (χ4n) is 6.74. The normalized spacial score (nSPS) is 16.7. The van der Waals surface area contributed by atoms with E-state index in [0.29, 0.717) is 38.7 Å². The Kier molecular flexibility index (Phi) is 11.3. The van der Waals surface area contributed by atoms with Gasteiger partial charge in [-0.25, -0.2) is 13.3 Å². The van der Waals surface area contributed by atoms with E-state index in [0.717, 1.165) is 9.21 Å². The molecule has 14 nitrogen and oxygen atoms in total. The number of benzene rings is 4. The van der Waals surface area contributed by atoms with E-state index < -0.39 is 46.6 Å². The maximum atomic E-state index is 13.8. The number of hydrogen-bond acceptors (Lipinski definition) is 11. The number of carbonyl (C=O) groups is 3. The number of ether oxygens (including phenoxy) is 3. The van der Waals surface area contributed by atoms with E-state index in [4.69, 9.17) is 30.2 Å². The van der Waals surface area contributed by atoms with Crippen LogP contribution in [0, 0.1) is 6.92 Å². The molecule has 294 valence electrons. The number of fused-ring (bicyclic) bond motifs is 2. The van der Waals surface area contributed by atoms with Crippen molar-refractivity contribution in [2.45, 2.75) is 30.4 Å². The summed E-state index contributed by atoms with van der Waals surface area (Å²) < 4.78 is 50.9. The molecule has 3 heterocycles. The minimum absolute atomic E-state index is 0.00689. The summed E-state index contributed by atoms with van der Waals surface area (Å²) in [4.78, 5) is 54.9. The van der Waals surface area contributed by atoms with E-state index in [1.807, 2.05) is 0 Å². The molecule has 2 atom stereocenters. The SMILES string of the molecule is COc1ccc(S(=O)(=O)N(CCO)CCOC2CC(c3coc4ccccc4c3=O)C=C(C(=O)Nc3ccc(N4C(=O)c5ccc(Cl)cc5C4=O)c(C)c3)O2)cc1. The average Bonchev–Trinajstić information content (AvgIpc) is 3.45. The van der Waals surface area contributed by atoms with Gasteiger partial charge in [0.15, 0.2) is 11.2 Å². The van der Waals surface area contributed by atoms with Crippen LogP contribution in [0.3, 0.4) is 0 Å². The summed E-state index contributed by atoms with van der Waals surface area (Å²) in [6.07, 6.45) is 1.79. The number of carbonyl (C=O) groups excluding carboxylic acids is 3. The molecule has 0 spiro atoms. The van der Waals surface area contributed by atoms with E-state index >= 15 is 0 Å². The second-order valence-corrected chi connectivity index (χ2v) is 15.6. The number of para-hydroxylation sites is 1. The number of rotatable bonds is 13. The minimum Gasteiger partial charge on any atom is -0.497 e. The van der Waals surface area contributed by atoms with Gasteiger partial charge in [-0.2, -0.15) is 4.31 Å². The Balaban J connectivity index is 1.11. The molecule has 0 saturated heterocycles. The minimum atomic E-state index is -4.04. The lowest BCUT2D eigenvalue weighted by molar-refractivity contribution is -0.143. The molecular formula is C41H36ClN3O11S. The van der Waals surface area contributed by atoms with Gasteiger partial charge in [-0.3, -0.25) is 19.2 Å². The van der Waals surface area contributed by atoms with Crippen molar-refractivity contribution in [2.75, 3.05) is 43.6 Å². The molecule has 0 aliphatic carbocycles. The van der Waals surface area contributed by atoms with Gasteiger partial charge < -0.3 is 29.1 Å². The first-order valence-corrected chi connectivity index (χ1v) is 19.6. The number of amides is 3. The van der Waals surface area contributed by atoms with Crippen molar-refractivity contribution < 1.29 is 46.5 Å². The van der Waals surface area contributed by atoms with Gasteiger partial charge in [-0.05, 0) is 91.4 Å². The highest BCUT2D eigenvalue weighted by Gasteiger charge is 2.38. The molecule has 4 aromatic carbocycles. The Morgan fingerprint density at radius 2 is 1.74 bits per heavy atom. The monoisotopic (exact) mass is 813 g/mol. The summed E-state index contributed by atoms with van der Waals surface area (Å²) in [5.74, 6) is -2.13. The zero-order valence-electron chi connectivity index (χ0n) is 30.6. The summed E-state index contributed by atoms with van der Waals surface area (Å²) in [5.41, 5.74) is 1.91. The van der Waals surface area contributed by atoms with Gasteiger partial charge in [0.2, 0.25) is 16.3 Å². The van der Waals surface area contributed by atoms with Crippen LogP contribution in [0.5, 0.6) is 5.75 Å². The molecule has 3 amide bonds. The number of hydrogen-bond donors (Lipinski definition) is 2. The smallest absolute Gasteiger partial charge is 0.290 e. The molecule has 0 saturated carbocycles. The van der Waals surface area contributed by atoms with Crippen LogP contribution in [0.2, 0.25) is 5.02 Å². The molecule has 0 bridgehead atoms. The maximum Gasteiger partial charge on any atom is 0.290 e. The van der Waals surface area contributed by atoms with Crippen molar-refractivity contribution in [2.24, 2.45) is 0 Å². The summed E-state index contributed by atoms with van der Waals surface area (Å²) >= 11 is 6.07. The number of nitrogens with one attached hydrogen (secondary N) is 1. The Bertz CT molecular complexity index is 2590. The lowest BCUT2D eigenvalue weighted by Gasteiger charge is -2.30. The molecular weight excluding hydrogens is 778 g/mol. The molecule has 7 rings (SSSR count). The van der Waals surface area contributed by atoms with E-state index in [9.17, 15) is 32.7 Å². The van der Waals surface area contributed by atoms with E-state index in [1.165, 1.54) is 74.0 Å². The van der Waals surface area contributed by atoms with Crippen molar-refractivity contribution in [1.82, 2.24) is 4.31 Å². The summed E-state index contributed by atoms with van der Waals surface area (Å²) in [5, 5.41) is 13.1. The van der Waals surface area contributed by atoms with Crippen LogP contribution in [-0.4, -0.2) is 75.3 Å². The number of allylic oxidation sites excluding steroid dienone is 1. The summed E-state index contributed by atoms with van der Waals surface area (Å²) in [6, 6.07) is 21.7. The first-order valence-electron chi connectivity index (χ1n) is 17.8. The highest BCUT2D eigenvalue weighted by atomic mass is 35.5. The Morgan fingerprint density at radius 1 is 0.982 bits per heavy atom. The number of aryl methyl sites for hydroxylation is 1. The third kappa shape index (κ3) is 7.93. The largest absolute Gasteiger partial charge is 0.497 e. The van der Waals surface area contributed by atoms with Gasteiger partial charge in [0.1, 0.15) is 11.3 Å². The fraction of sp³-hybridized carbons (Fsp3) is 0.220. The van der Waals surface area contributed by atoms with Crippen LogP contribution in [0.4, 0.5) is 11.4 Å². The van der Waals surface area contributed by atoms with Crippen LogP contribution < -0.4 is 20.4 Å². The van der Waals surface area contributed by atoms with E-state index in [1.54, 1.807) is 37.3 Å². The first kappa shape index (κ1) is 39.4. The zero-order valence-corrected chi connectivity index (χ0v) is 32.2. The van der Waals surface area contributed by atoms with Crippen molar-refractivity contribution in [1.29, 1.82) is 0 Å². The lowest BCUT2D eigenvalue weighted by Crippen LogP contribution is -2.38. The van der Waals surface area contributed by atoms with Gasteiger partial charge in [-0.1, -0.05) is 23.7 Å². The quantitative estimate of drug-likeness (QED) is 0.141. The van der Waals surface area contributed by atoms with Crippen LogP contribution in [0.1, 0.15) is 44.2 Å². The standard InChI is InChI=1S/C41H36ClN3O11S/c1-24-19-27(8-14-34(24)45-40(49)30-13-7-26(42)22-32(30)41(45)50)43-39(48)36-20-25(33-23-55-35-6-4-3-5-31(35)38(33)47)21-37(56-36)54-18-16-44(15-17-46)57(51,52)29-11-9-28(53-2)10-12-29/h3-14,19-20,22-23,25,37,46H,15-18,21H2,1-2H3,(H,43,48). The van der Waals surface area contributed by atoms with Gasteiger partial charge in [0.05, 0.1) is 53.7 Å². The van der Waals surface area contributed by atoms with Gasteiger partial charge in [0, 0.05) is 41.7 Å². The highest BCUT2D eigenvalue weighted by Crippen LogP contribution is 2.35. The molecule has 0 fully saturated rings. The topological polar surface area (TPSA) is 182 Å². The Hall–Kier alpha value is -5.84. The number of imide groups is 1. The van der Waals surface area contributed by atoms with E-state index in [2.05, 4.69) is 5.32 Å². The molecule has 5 aromatic rings. The van der Waals surface area contributed by atoms with Crippen LogP contribution in [0.15, 0.2) is 117 Å². The summed E-state index contributed by atoms with van der Waals surface area (Å²) in [7, 11) is -2.58. The number of anilines is 2. The number of nitrogens with zero attached hydrogens (tertiary/aromatic N) is 2. The van der Waals surface area contributed by atoms with E-state index in [-0.39, 0.29) is 58.9 Å². The number of aliphatic hydroxyl groups excluding tert-OH is 1. The van der Waals surface area contributed by atoms with Crippen molar-refractivity contribution >= 4 is 61.7 Å². The third-order valence-corrected chi connectivity index (χ3v) is 11.8. The Labute approximate surface area is 331 Å². The summed E-state index contributed by atoms with van der Waals surface area (Å²) in [6.45, 7) is 0.659. The molecule has 2 unspecified atom stereocenters. The van der Waals surface area contributed by atoms with Crippen molar-refractivity contribution in [3.8, 4) is 5.75 Å². The molecule has 2 aliphatic rings. The van der Waals surface area contributed by atoms with Crippen molar-refractivity contribution in [3.63, 3.8) is 0 Å². The molecule has 0 radical (unpaired) electrons. The number of sulfonamides is 1. The fourth-order valence-corrected chi connectivity index (χ4v) is 8.33. The molecule has 2 aliphatic heterocycles. The number of aliphatic hydroxyl groups is 1. The number of methoxy groups -OCH3 is 1. The maximum absolute atomic E-state index is 13.8. The van der Waals surface area contributed by atoms with Crippen LogP contribution in [0.25, 0.3) is 11.0 Å². The second kappa shape index (κ2) is 16.3. The van der Waals surface area contributed by atoms with Crippen LogP contribution in [-0.2, 0) is 24.3 Å². The molecule has 2 N–H and O–H groups in total. The predicted octanol–water partition coefficient (Wildman–Crippen LogP) is 5.62. The molecule has 1 aromatic heterocycles. The average molecular weight is 814 g/mol. The van der Waals surface area contributed by atoms with Gasteiger partial charge >= 0.3 is 0 Å². The van der Waals surface area contributed by atoms with Crippen molar-refractivity contribution in [3.05, 3.63) is 141 Å². The van der Waals surface area contributed by atoms with Gasteiger partial charge in [-0.15, -0.1) is 0 Å². The lowest BCUT2D eigenvalue weighted by atomic mass is 9.93. The number of halogens is 1. The first-order chi connectivity index (χ1) is 27.4.